The van der Waals surface area contributed by atoms with Crippen LogP contribution in [0, 0.1) is 5.92 Å². The van der Waals surface area contributed by atoms with Gasteiger partial charge in [0.2, 0.25) is 11.8 Å². The first kappa shape index (κ1) is 31.1. The highest BCUT2D eigenvalue weighted by Crippen LogP contribution is 2.31. The number of nitrogens with one attached hydrogen (secondary N) is 1. The molecule has 2 aromatic carbocycles. The molecule has 0 saturated carbocycles. The Hall–Kier alpha value is -3.83. The lowest BCUT2D eigenvalue weighted by molar-refractivity contribution is -0.325. The molecule has 0 aliphatic carbocycles. The maximum absolute atomic E-state index is 13.7. The number of ether oxygens (including phenoxy) is 1. The molecule has 3 aromatic rings. The predicted molar refractivity (Wildman–Crippen MR) is 152 cm³/mol. The van der Waals surface area contributed by atoms with E-state index in [1.165, 1.54) is 0 Å². The first-order chi connectivity index (χ1) is 20.0. The van der Waals surface area contributed by atoms with E-state index >= 15 is 0 Å². The molecule has 0 bridgehead atoms. The quantitative estimate of drug-likeness (QED) is 0.362. The van der Waals surface area contributed by atoms with E-state index in [-0.39, 0.29) is 43.3 Å². The summed E-state index contributed by atoms with van der Waals surface area (Å²) in [5, 5.41) is 2.97. The SMILES string of the molecule is CC(C)C(=O)N1[C@H](C)CN([C@H](CCOC(F)(F)F)c2ccccc2)C[C@@H]1C(=O)NCc1ccc(-c2ncccn2)cc1. The fraction of sp³-hybridized carbons (Fsp3) is 0.419. The second-order valence-corrected chi connectivity index (χ2v) is 10.7. The standard InChI is InChI=1S/C31H36F3N5O3/c1-21(2)30(41)39-22(3)19-38(26(14-17-42-31(32,33)34)24-8-5-4-6-9-24)20-27(39)29(40)37-18-23-10-12-25(13-11-23)28-35-15-7-16-36-28/h4-13,15-16,21-22,26-27H,14,17-20H2,1-3H3,(H,37,40)/t22-,26-,27-/m1/s1. The second-order valence-electron chi connectivity index (χ2n) is 10.7. The second kappa shape index (κ2) is 13.9. The molecule has 224 valence electrons. The number of benzene rings is 2. The number of carbonyl (C=O) groups excluding carboxylic acids is 2. The highest BCUT2D eigenvalue weighted by atomic mass is 19.4. The first-order valence-corrected chi connectivity index (χ1v) is 14.0. The number of amides is 2. The van der Waals surface area contributed by atoms with Crippen LogP contribution in [0.3, 0.4) is 0 Å². The molecule has 3 atom stereocenters. The van der Waals surface area contributed by atoms with E-state index in [1.807, 2.05) is 66.4 Å². The summed E-state index contributed by atoms with van der Waals surface area (Å²) in [6.07, 6.45) is -1.33. The molecule has 1 fully saturated rings. The number of piperazine rings is 1. The molecule has 1 aliphatic rings. The van der Waals surface area contributed by atoms with Crippen LogP contribution in [0.1, 0.15) is 44.4 Å². The van der Waals surface area contributed by atoms with Crippen molar-refractivity contribution in [3.8, 4) is 11.4 Å². The molecule has 8 nitrogen and oxygen atoms in total. The molecule has 2 heterocycles. The van der Waals surface area contributed by atoms with Gasteiger partial charge >= 0.3 is 6.36 Å². The summed E-state index contributed by atoms with van der Waals surface area (Å²) < 4.78 is 42.5. The maximum Gasteiger partial charge on any atom is 0.522 e. The molecule has 4 rings (SSSR count). The Morgan fingerprint density at radius 2 is 1.67 bits per heavy atom. The van der Waals surface area contributed by atoms with E-state index in [2.05, 4.69) is 20.0 Å². The monoisotopic (exact) mass is 583 g/mol. The van der Waals surface area contributed by atoms with Crippen molar-refractivity contribution in [2.75, 3.05) is 19.7 Å². The number of carbonyl (C=O) groups is 2. The topological polar surface area (TPSA) is 87.7 Å². The first-order valence-electron chi connectivity index (χ1n) is 14.0. The van der Waals surface area contributed by atoms with Gasteiger partial charge in [-0.3, -0.25) is 19.2 Å². The highest BCUT2D eigenvalue weighted by Gasteiger charge is 2.42. The van der Waals surface area contributed by atoms with Gasteiger partial charge in [-0.05, 0) is 30.5 Å². The average molecular weight is 584 g/mol. The lowest BCUT2D eigenvalue weighted by Crippen LogP contribution is -2.65. The zero-order valence-electron chi connectivity index (χ0n) is 23.9. The van der Waals surface area contributed by atoms with Gasteiger partial charge in [0, 0.05) is 55.6 Å². The zero-order valence-corrected chi connectivity index (χ0v) is 23.9. The number of hydrogen-bond donors (Lipinski definition) is 1. The molecule has 1 N–H and O–H groups in total. The highest BCUT2D eigenvalue weighted by molar-refractivity contribution is 5.89. The molecule has 1 aliphatic heterocycles. The van der Waals surface area contributed by atoms with Gasteiger partial charge < -0.3 is 10.2 Å². The van der Waals surface area contributed by atoms with Crippen molar-refractivity contribution >= 4 is 11.8 Å². The van der Waals surface area contributed by atoms with Crippen molar-refractivity contribution in [2.45, 2.75) is 58.2 Å². The van der Waals surface area contributed by atoms with Gasteiger partial charge in [-0.25, -0.2) is 9.97 Å². The normalized spacial score (nSPS) is 18.6. The van der Waals surface area contributed by atoms with E-state index < -0.39 is 25.1 Å². The molecule has 0 spiro atoms. The van der Waals surface area contributed by atoms with Crippen LogP contribution in [0.2, 0.25) is 0 Å². The number of nitrogens with zero attached hydrogens (tertiary/aromatic N) is 4. The fourth-order valence-corrected chi connectivity index (χ4v) is 5.30. The van der Waals surface area contributed by atoms with Crippen molar-refractivity contribution in [1.29, 1.82) is 0 Å². The molecule has 1 saturated heterocycles. The molecule has 1 aromatic heterocycles. The smallest absolute Gasteiger partial charge is 0.350 e. The van der Waals surface area contributed by atoms with Crippen molar-refractivity contribution < 1.29 is 27.5 Å². The lowest BCUT2D eigenvalue weighted by Gasteiger charge is -2.48. The summed E-state index contributed by atoms with van der Waals surface area (Å²) in [5.41, 5.74) is 2.52. The number of rotatable bonds is 10. The van der Waals surface area contributed by atoms with Crippen LogP contribution < -0.4 is 5.32 Å². The lowest BCUT2D eigenvalue weighted by atomic mass is 9.96. The molecule has 0 radical (unpaired) electrons. The third kappa shape index (κ3) is 8.13. The largest absolute Gasteiger partial charge is 0.522 e. The number of halogens is 3. The molecular formula is C31H36F3N5O3. The van der Waals surface area contributed by atoms with Gasteiger partial charge in [0.15, 0.2) is 5.82 Å². The minimum absolute atomic E-state index is 0.0696. The van der Waals surface area contributed by atoms with Gasteiger partial charge in [-0.1, -0.05) is 68.4 Å². The van der Waals surface area contributed by atoms with Crippen LogP contribution in [-0.4, -0.2) is 69.7 Å². The van der Waals surface area contributed by atoms with Gasteiger partial charge in [0.05, 0.1) is 6.61 Å². The van der Waals surface area contributed by atoms with E-state index in [1.54, 1.807) is 37.2 Å². The minimum Gasteiger partial charge on any atom is -0.350 e. The summed E-state index contributed by atoms with van der Waals surface area (Å²) in [7, 11) is 0. The van der Waals surface area contributed by atoms with E-state index in [4.69, 9.17) is 0 Å². The fourth-order valence-electron chi connectivity index (χ4n) is 5.30. The van der Waals surface area contributed by atoms with Crippen molar-refractivity contribution in [3.05, 3.63) is 84.2 Å². The Labute approximate surface area is 243 Å². The van der Waals surface area contributed by atoms with E-state index in [0.717, 1.165) is 16.7 Å². The van der Waals surface area contributed by atoms with Gasteiger partial charge in [0.1, 0.15) is 6.04 Å². The van der Waals surface area contributed by atoms with Crippen LogP contribution in [-0.2, 0) is 20.9 Å². The number of hydrogen-bond acceptors (Lipinski definition) is 6. The number of alkyl halides is 3. The van der Waals surface area contributed by atoms with E-state index in [0.29, 0.717) is 12.4 Å². The molecule has 11 heteroatoms. The summed E-state index contributed by atoms with van der Waals surface area (Å²) >= 11 is 0. The third-order valence-corrected chi connectivity index (χ3v) is 7.29. The molecular weight excluding hydrogens is 547 g/mol. The van der Waals surface area contributed by atoms with Crippen LogP contribution in [0.25, 0.3) is 11.4 Å². The Balaban J connectivity index is 1.52. The van der Waals surface area contributed by atoms with Crippen LogP contribution in [0.5, 0.6) is 0 Å². The Bertz CT molecular complexity index is 1310. The summed E-state index contributed by atoms with van der Waals surface area (Å²) in [4.78, 5) is 39.0. The van der Waals surface area contributed by atoms with Crippen LogP contribution in [0.4, 0.5) is 13.2 Å². The zero-order chi connectivity index (χ0) is 30.3. The maximum atomic E-state index is 13.7. The van der Waals surface area contributed by atoms with Crippen molar-refractivity contribution in [1.82, 2.24) is 25.1 Å². The average Bonchev–Trinajstić information content (AvgIpc) is 2.98. The van der Waals surface area contributed by atoms with Crippen molar-refractivity contribution in [2.24, 2.45) is 5.92 Å². The summed E-state index contributed by atoms with van der Waals surface area (Å²) in [5.74, 6) is -0.200. The van der Waals surface area contributed by atoms with Crippen LogP contribution in [0.15, 0.2) is 73.1 Å². The predicted octanol–water partition coefficient (Wildman–Crippen LogP) is 4.98. The Morgan fingerprint density at radius 3 is 2.29 bits per heavy atom. The summed E-state index contributed by atoms with van der Waals surface area (Å²) in [6.45, 7) is 5.73. The summed E-state index contributed by atoms with van der Waals surface area (Å²) in [6, 6.07) is 16.9. The van der Waals surface area contributed by atoms with E-state index in [9.17, 15) is 22.8 Å². The Morgan fingerprint density at radius 1 is 1.00 bits per heavy atom. The number of aromatic nitrogens is 2. The van der Waals surface area contributed by atoms with Gasteiger partial charge in [0.25, 0.3) is 0 Å². The van der Waals surface area contributed by atoms with Crippen LogP contribution >= 0.6 is 0 Å². The van der Waals surface area contributed by atoms with Gasteiger partial charge in [-0.15, -0.1) is 13.2 Å². The Kier molecular flexibility index (Phi) is 10.3. The molecule has 0 unspecified atom stereocenters. The van der Waals surface area contributed by atoms with Crippen molar-refractivity contribution in [3.63, 3.8) is 0 Å². The third-order valence-electron chi connectivity index (χ3n) is 7.29. The molecule has 42 heavy (non-hydrogen) atoms. The van der Waals surface area contributed by atoms with Gasteiger partial charge in [-0.2, -0.15) is 0 Å². The minimum atomic E-state index is -4.73. The molecule has 2 amide bonds.